The van der Waals surface area contributed by atoms with Gasteiger partial charge in [-0.1, -0.05) is 50.1 Å². The molecular formula is C21H21ClO8. The molecule has 0 radical (unpaired) electrons. The van der Waals surface area contributed by atoms with E-state index in [-0.39, 0.29) is 11.1 Å². The van der Waals surface area contributed by atoms with Gasteiger partial charge < -0.3 is 20.4 Å². The minimum absolute atomic E-state index is 0.192. The number of aromatic carboxylic acids is 4. The van der Waals surface area contributed by atoms with Crippen LogP contribution in [-0.4, -0.2) is 50.2 Å². The van der Waals surface area contributed by atoms with Gasteiger partial charge in [-0.2, -0.15) is 0 Å². The van der Waals surface area contributed by atoms with E-state index >= 15 is 0 Å². The van der Waals surface area contributed by atoms with Crippen LogP contribution >= 0.6 is 11.6 Å². The first-order valence-electron chi connectivity index (χ1n) is 8.92. The summed E-state index contributed by atoms with van der Waals surface area (Å²) in [5, 5.41) is 37.1. The van der Waals surface area contributed by atoms with Gasteiger partial charge in [-0.15, -0.1) is 11.6 Å². The van der Waals surface area contributed by atoms with Gasteiger partial charge in [0.25, 0.3) is 0 Å². The summed E-state index contributed by atoms with van der Waals surface area (Å²) in [4.78, 5) is 45.8. The number of carboxylic acids is 4. The van der Waals surface area contributed by atoms with Gasteiger partial charge in [0.05, 0.1) is 22.3 Å². The number of alkyl halides is 1. The summed E-state index contributed by atoms with van der Waals surface area (Å²) in [6.45, 7) is 2.17. The van der Waals surface area contributed by atoms with Crippen molar-refractivity contribution < 1.29 is 39.6 Å². The van der Waals surface area contributed by atoms with Crippen molar-refractivity contribution in [3.63, 3.8) is 0 Å². The van der Waals surface area contributed by atoms with Crippen molar-refractivity contribution in [1.29, 1.82) is 0 Å². The van der Waals surface area contributed by atoms with Crippen LogP contribution < -0.4 is 0 Å². The molecule has 0 saturated carbocycles. The molecule has 160 valence electrons. The molecule has 2 aromatic carbocycles. The van der Waals surface area contributed by atoms with Gasteiger partial charge in [0, 0.05) is 5.88 Å². The summed E-state index contributed by atoms with van der Waals surface area (Å²) >= 11 is 5.38. The second-order valence-electron chi connectivity index (χ2n) is 6.08. The highest BCUT2D eigenvalue weighted by Gasteiger charge is 2.32. The molecule has 0 aliphatic rings. The molecule has 0 fully saturated rings. The number of benzene rings is 2. The average molecular weight is 437 g/mol. The van der Waals surface area contributed by atoms with Crippen LogP contribution in [0.4, 0.5) is 0 Å². The highest BCUT2D eigenvalue weighted by molar-refractivity contribution is 6.18. The summed E-state index contributed by atoms with van der Waals surface area (Å²) in [5.74, 6) is -6.21. The van der Waals surface area contributed by atoms with Crippen molar-refractivity contribution in [3.05, 3.63) is 58.7 Å². The molecule has 0 aliphatic carbocycles. The maximum absolute atomic E-state index is 11.6. The van der Waals surface area contributed by atoms with E-state index in [1.165, 1.54) is 31.4 Å². The molecule has 0 bridgehead atoms. The SMILES string of the molecule is CCCCCCl.O=C(O)c1cc(-c2ccccc2)c(C(=O)O)c(C(=O)O)c1C(=O)O. The first-order chi connectivity index (χ1) is 14.2. The first kappa shape index (κ1) is 24.6. The first-order valence-corrected chi connectivity index (χ1v) is 9.46. The maximum Gasteiger partial charge on any atom is 0.337 e. The van der Waals surface area contributed by atoms with Gasteiger partial charge in [0.15, 0.2) is 0 Å². The molecule has 9 heteroatoms. The quantitative estimate of drug-likeness (QED) is 0.347. The van der Waals surface area contributed by atoms with Gasteiger partial charge in [0.1, 0.15) is 0 Å². The second-order valence-corrected chi connectivity index (χ2v) is 6.46. The van der Waals surface area contributed by atoms with E-state index in [9.17, 15) is 39.6 Å². The van der Waals surface area contributed by atoms with E-state index < -0.39 is 46.1 Å². The van der Waals surface area contributed by atoms with Crippen molar-refractivity contribution in [1.82, 2.24) is 0 Å². The number of halogens is 1. The van der Waals surface area contributed by atoms with Crippen LogP contribution in [0.2, 0.25) is 0 Å². The molecule has 0 aliphatic heterocycles. The molecule has 0 saturated heterocycles. The lowest BCUT2D eigenvalue weighted by Gasteiger charge is -2.14. The summed E-state index contributed by atoms with van der Waals surface area (Å²) < 4.78 is 0. The minimum atomic E-state index is -1.84. The van der Waals surface area contributed by atoms with Crippen molar-refractivity contribution >= 4 is 35.5 Å². The van der Waals surface area contributed by atoms with E-state index in [2.05, 4.69) is 6.92 Å². The molecule has 0 unspecified atom stereocenters. The molecule has 0 aromatic heterocycles. The summed E-state index contributed by atoms with van der Waals surface area (Å²) in [7, 11) is 0. The van der Waals surface area contributed by atoms with Crippen LogP contribution in [0.15, 0.2) is 36.4 Å². The highest BCUT2D eigenvalue weighted by atomic mass is 35.5. The molecule has 0 atom stereocenters. The third-order valence-corrected chi connectivity index (χ3v) is 4.29. The smallest absolute Gasteiger partial charge is 0.337 e. The Morgan fingerprint density at radius 1 is 0.767 bits per heavy atom. The molecule has 0 spiro atoms. The fraction of sp³-hybridized carbons (Fsp3) is 0.238. The molecular weight excluding hydrogens is 416 g/mol. The molecule has 30 heavy (non-hydrogen) atoms. The monoisotopic (exact) mass is 436 g/mol. The zero-order chi connectivity index (χ0) is 22.8. The molecule has 0 amide bonds. The van der Waals surface area contributed by atoms with Gasteiger partial charge in [-0.3, -0.25) is 0 Å². The average Bonchev–Trinajstić information content (AvgIpc) is 2.71. The number of hydrogen-bond acceptors (Lipinski definition) is 4. The van der Waals surface area contributed by atoms with Crippen molar-refractivity contribution in [2.45, 2.75) is 26.2 Å². The third kappa shape index (κ3) is 6.05. The van der Waals surface area contributed by atoms with Crippen LogP contribution in [0, 0.1) is 0 Å². The molecule has 2 rings (SSSR count). The fourth-order valence-corrected chi connectivity index (χ4v) is 2.89. The normalized spacial score (nSPS) is 9.93. The van der Waals surface area contributed by atoms with Gasteiger partial charge in [0.2, 0.25) is 0 Å². The Bertz CT molecular complexity index is 934. The molecule has 2 aromatic rings. The molecule has 4 N–H and O–H groups in total. The standard InChI is InChI=1S/C16H10O8.C5H11Cl/c17-13(18)9-6-8(7-4-2-1-3-5-7)10(14(19)20)12(16(23)24)11(9)15(21)22;1-2-3-4-5-6/h1-6H,(H,17,18)(H,19,20)(H,21,22)(H,23,24);2-5H2,1H3. The summed E-state index contributed by atoms with van der Waals surface area (Å²) in [6, 6.07) is 8.50. The number of hydrogen-bond donors (Lipinski definition) is 4. The van der Waals surface area contributed by atoms with E-state index in [1.54, 1.807) is 18.2 Å². The Kier molecular flexibility index (Phi) is 9.51. The largest absolute Gasteiger partial charge is 0.478 e. The van der Waals surface area contributed by atoms with E-state index in [4.69, 9.17) is 11.6 Å². The third-order valence-electron chi connectivity index (χ3n) is 4.02. The predicted molar refractivity (Wildman–Crippen MR) is 110 cm³/mol. The maximum atomic E-state index is 11.6. The van der Waals surface area contributed by atoms with Gasteiger partial charge in [-0.25, -0.2) is 19.2 Å². The van der Waals surface area contributed by atoms with Crippen molar-refractivity contribution in [2.75, 3.05) is 5.88 Å². The Balaban J connectivity index is 0.000000656. The van der Waals surface area contributed by atoms with Crippen LogP contribution in [0.25, 0.3) is 11.1 Å². The van der Waals surface area contributed by atoms with Crippen LogP contribution in [0.1, 0.15) is 67.6 Å². The minimum Gasteiger partial charge on any atom is -0.478 e. The summed E-state index contributed by atoms with van der Waals surface area (Å²) in [5.41, 5.74) is -3.68. The topological polar surface area (TPSA) is 149 Å². The summed E-state index contributed by atoms with van der Waals surface area (Å²) in [6.07, 6.45) is 3.73. The van der Waals surface area contributed by atoms with Gasteiger partial charge in [-0.05, 0) is 23.6 Å². The molecule has 8 nitrogen and oxygen atoms in total. The number of unbranched alkanes of at least 4 members (excludes halogenated alkanes) is 2. The van der Waals surface area contributed by atoms with Crippen molar-refractivity contribution in [3.8, 4) is 11.1 Å². The second kappa shape index (κ2) is 11.6. The fourth-order valence-electron chi connectivity index (χ4n) is 2.70. The van der Waals surface area contributed by atoms with Crippen LogP contribution in [0.3, 0.4) is 0 Å². The van der Waals surface area contributed by atoms with Crippen LogP contribution in [-0.2, 0) is 0 Å². The van der Waals surface area contributed by atoms with Crippen molar-refractivity contribution in [2.24, 2.45) is 0 Å². The number of rotatable bonds is 8. The zero-order valence-corrected chi connectivity index (χ0v) is 16.8. The van der Waals surface area contributed by atoms with Crippen LogP contribution in [0.5, 0.6) is 0 Å². The number of carboxylic acid groups (broad SMARTS) is 4. The zero-order valence-electron chi connectivity index (χ0n) is 16.1. The number of carbonyl (C=O) groups is 4. The predicted octanol–water partition coefficient (Wildman–Crippen LogP) is 4.56. The van der Waals surface area contributed by atoms with E-state index in [0.717, 1.165) is 11.9 Å². The Labute approximate surface area is 177 Å². The lowest BCUT2D eigenvalue weighted by molar-refractivity contribution is 0.0620. The Morgan fingerprint density at radius 2 is 1.30 bits per heavy atom. The Morgan fingerprint density at radius 3 is 1.67 bits per heavy atom. The lowest BCUT2D eigenvalue weighted by atomic mass is 9.88. The van der Waals surface area contributed by atoms with E-state index in [0.29, 0.717) is 0 Å². The Hall–Kier alpha value is -3.39. The lowest BCUT2D eigenvalue weighted by Crippen LogP contribution is -2.20. The van der Waals surface area contributed by atoms with E-state index in [1.807, 2.05) is 0 Å². The van der Waals surface area contributed by atoms with Gasteiger partial charge >= 0.3 is 23.9 Å². The highest BCUT2D eigenvalue weighted by Crippen LogP contribution is 2.32. The molecule has 0 heterocycles.